The number of hydrogen-bond donors (Lipinski definition) is 2. The molecule has 4 heterocycles. The summed E-state index contributed by atoms with van der Waals surface area (Å²) in [5.41, 5.74) is 8.94. The van der Waals surface area contributed by atoms with E-state index in [-0.39, 0.29) is 29.7 Å². The molecule has 4 fully saturated rings. The quantitative estimate of drug-likeness (QED) is 0.750. The molecule has 7 heteroatoms. The van der Waals surface area contributed by atoms with Gasteiger partial charge in [-0.3, -0.25) is 24.6 Å². The van der Waals surface area contributed by atoms with Crippen molar-refractivity contribution in [3.05, 3.63) is 34.9 Å². The lowest BCUT2D eigenvalue weighted by atomic mass is 9.62. The Morgan fingerprint density at radius 3 is 2.75 bits per heavy atom. The lowest BCUT2D eigenvalue weighted by Gasteiger charge is -2.59. The summed E-state index contributed by atoms with van der Waals surface area (Å²) in [7, 11) is 0. The van der Waals surface area contributed by atoms with Gasteiger partial charge in [0.2, 0.25) is 11.8 Å². The molecule has 0 aromatic heterocycles. The number of benzene rings is 1. The number of imide groups is 1. The zero-order valence-corrected chi connectivity index (χ0v) is 15.9. The van der Waals surface area contributed by atoms with Gasteiger partial charge in [0.05, 0.1) is 0 Å². The molecule has 28 heavy (non-hydrogen) atoms. The summed E-state index contributed by atoms with van der Waals surface area (Å²) in [4.78, 5) is 41.1. The van der Waals surface area contributed by atoms with Crippen molar-refractivity contribution in [1.82, 2.24) is 15.1 Å². The van der Waals surface area contributed by atoms with Crippen LogP contribution >= 0.6 is 0 Å². The monoisotopic (exact) mass is 382 g/mol. The van der Waals surface area contributed by atoms with E-state index < -0.39 is 6.04 Å². The number of carbonyl (C=O) groups is 3. The minimum absolute atomic E-state index is 0.0922. The summed E-state index contributed by atoms with van der Waals surface area (Å²) in [6.45, 7) is 2.84. The number of amides is 3. The molecule has 7 nitrogen and oxygen atoms in total. The van der Waals surface area contributed by atoms with E-state index in [0.717, 1.165) is 48.5 Å². The van der Waals surface area contributed by atoms with Gasteiger partial charge in [-0.1, -0.05) is 18.2 Å². The van der Waals surface area contributed by atoms with E-state index in [1.807, 2.05) is 18.2 Å². The Bertz CT molecular complexity index is 861. The molecule has 0 spiro atoms. The Labute approximate surface area is 164 Å². The highest BCUT2D eigenvalue weighted by atomic mass is 16.2. The molecule has 0 radical (unpaired) electrons. The minimum atomic E-state index is -0.566. The summed E-state index contributed by atoms with van der Waals surface area (Å²) < 4.78 is 0. The molecule has 3 amide bonds. The van der Waals surface area contributed by atoms with Crippen molar-refractivity contribution in [2.24, 2.45) is 11.7 Å². The van der Waals surface area contributed by atoms with Crippen LogP contribution in [-0.4, -0.2) is 52.2 Å². The Morgan fingerprint density at radius 2 is 2.00 bits per heavy atom. The van der Waals surface area contributed by atoms with Crippen LogP contribution in [0.15, 0.2) is 18.2 Å². The highest BCUT2D eigenvalue weighted by Gasteiger charge is 2.51. The topological polar surface area (TPSA) is 95.7 Å². The van der Waals surface area contributed by atoms with Crippen LogP contribution in [0.1, 0.15) is 53.6 Å². The molecule has 6 rings (SSSR count). The number of hydrogen-bond acceptors (Lipinski definition) is 5. The zero-order chi connectivity index (χ0) is 19.5. The van der Waals surface area contributed by atoms with Gasteiger partial charge in [-0.2, -0.15) is 0 Å². The molecule has 3 saturated heterocycles. The average Bonchev–Trinajstić information content (AvgIpc) is 2.99. The molecule has 1 saturated carbocycles. The highest BCUT2D eigenvalue weighted by molar-refractivity contribution is 6.06. The zero-order valence-electron chi connectivity index (χ0n) is 15.9. The second-order valence-electron chi connectivity index (χ2n) is 8.76. The third kappa shape index (κ3) is 2.60. The number of nitrogens with one attached hydrogen (secondary N) is 1. The minimum Gasteiger partial charge on any atom is -0.329 e. The summed E-state index contributed by atoms with van der Waals surface area (Å²) in [6.07, 6.45) is 4.19. The largest absolute Gasteiger partial charge is 0.329 e. The van der Waals surface area contributed by atoms with Gasteiger partial charge < -0.3 is 10.6 Å². The highest BCUT2D eigenvalue weighted by Crippen LogP contribution is 2.49. The van der Waals surface area contributed by atoms with Crippen molar-refractivity contribution in [3.8, 4) is 0 Å². The van der Waals surface area contributed by atoms with Crippen LogP contribution in [0.25, 0.3) is 0 Å². The van der Waals surface area contributed by atoms with Crippen LogP contribution in [0.5, 0.6) is 0 Å². The fourth-order valence-electron chi connectivity index (χ4n) is 5.62. The fourth-order valence-corrected chi connectivity index (χ4v) is 5.62. The lowest BCUT2D eigenvalue weighted by molar-refractivity contribution is -0.136. The summed E-state index contributed by atoms with van der Waals surface area (Å²) in [5.74, 6) is 0.0935. The summed E-state index contributed by atoms with van der Waals surface area (Å²) >= 11 is 0. The Morgan fingerprint density at radius 1 is 1.18 bits per heavy atom. The van der Waals surface area contributed by atoms with Crippen molar-refractivity contribution < 1.29 is 14.4 Å². The van der Waals surface area contributed by atoms with Crippen LogP contribution < -0.4 is 11.1 Å². The number of piperidine rings is 3. The molecule has 1 aromatic rings. The summed E-state index contributed by atoms with van der Waals surface area (Å²) in [6, 6.07) is 5.43. The number of carbonyl (C=O) groups excluding carboxylic acids is 3. The Balaban J connectivity index is 1.40. The second-order valence-corrected chi connectivity index (χ2v) is 8.76. The van der Waals surface area contributed by atoms with E-state index in [1.165, 1.54) is 6.42 Å². The third-order valence-electron chi connectivity index (χ3n) is 7.20. The van der Waals surface area contributed by atoms with E-state index in [9.17, 15) is 14.4 Å². The SMILES string of the molecule is NCC12CC(CCN1Cc1cccc3c1C(=O)N(C1CCC(=O)NC1=O)C3)C2. The van der Waals surface area contributed by atoms with E-state index in [0.29, 0.717) is 19.5 Å². The molecular weight excluding hydrogens is 356 g/mol. The summed E-state index contributed by atoms with van der Waals surface area (Å²) in [5, 5.41) is 2.36. The van der Waals surface area contributed by atoms with Gasteiger partial charge >= 0.3 is 0 Å². The predicted octanol–water partition coefficient (Wildman–Crippen LogP) is 0.761. The molecule has 148 valence electrons. The average molecular weight is 382 g/mol. The van der Waals surface area contributed by atoms with Gasteiger partial charge in [-0.05, 0) is 49.3 Å². The second kappa shape index (κ2) is 6.39. The normalized spacial score (nSPS) is 32.2. The van der Waals surface area contributed by atoms with Gasteiger partial charge in [-0.15, -0.1) is 0 Å². The van der Waals surface area contributed by atoms with Crippen molar-refractivity contribution in [2.75, 3.05) is 13.1 Å². The van der Waals surface area contributed by atoms with Gasteiger partial charge in [0.25, 0.3) is 5.91 Å². The molecule has 5 aliphatic rings. The van der Waals surface area contributed by atoms with Gasteiger partial charge in [-0.25, -0.2) is 0 Å². The number of nitrogens with two attached hydrogens (primary N) is 1. The molecule has 1 atom stereocenters. The first-order chi connectivity index (χ1) is 13.5. The van der Waals surface area contributed by atoms with E-state index >= 15 is 0 Å². The maximum absolute atomic E-state index is 13.2. The third-order valence-corrected chi connectivity index (χ3v) is 7.20. The predicted molar refractivity (Wildman–Crippen MR) is 102 cm³/mol. The van der Waals surface area contributed by atoms with Crippen LogP contribution in [0.3, 0.4) is 0 Å². The first-order valence-electron chi connectivity index (χ1n) is 10.2. The first kappa shape index (κ1) is 17.8. The van der Waals surface area contributed by atoms with Crippen LogP contribution in [0.4, 0.5) is 0 Å². The fraction of sp³-hybridized carbons (Fsp3) is 0.571. The first-order valence-corrected chi connectivity index (χ1v) is 10.2. The maximum atomic E-state index is 13.2. The molecule has 1 aromatic carbocycles. The molecule has 1 unspecified atom stereocenters. The molecule has 3 N–H and O–H groups in total. The van der Waals surface area contributed by atoms with Gasteiger partial charge in [0.15, 0.2) is 0 Å². The number of rotatable bonds is 4. The van der Waals surface area contributed by atoms with Crippen molar-refractivity contribution in [2.45, 2.75) is 56.8 Å². The van der Waals surface area contributed by atoms with E-state index in [2.05, 4.69) is 10.2 Å². The Hall–Kier alpha value is -2.25. The lowest BCUT2D eigenvalue weighted by Crippen LogP contribution is -2.65. The maximum Gasteiger partial charge on any atom is 0.255 e. The molecule has 4 aliphatic heterocycles. The van der Waals surface area contributed by atoms with Crippen molar-refractivity contribution in [3.63, 3.8) is 0 Å². The molecule has 2 bridgehead atoms. The van der Waals surface area contributed by atoms with Crippen molar-refractivity contribution in [1.29, 1.82) is 0 Å². The van der Waals surface area contributed by atoms with Crippen molar-refractivity contribution >= 4 is 17.7 Å². The van der Waals surface area contributed by atoms with Gasteiger partial charge in [0, 0.05) is 37.2 Å². The Kier molecular flexibility index (Phi) is 4.07. The molecule has 1 aliphatic carbocycles. The van der Waals surface area contributed by atoms with Crippen LogP contribution in [-0.2, 0) is 22.7 Å². The van der Waals surface area contributed by atoms with Crippen LogP contribution in [0, 0.1) is 5.92 Å². The standard InChI is InChI=1S/C21H26N4O3/c22-12-21-8-13(9-21)6-7-24(21)10-14-2-1-3-15-11-25(20(28)18(14)15)16-4-5-17(26)23-19(16)27/h1-3,13,16H,4-12,22H2,(H,23,26,27). The van der Waals surface area contributed by atoms with Crippen LogP contribution in [0.2, 0.25) is 0 Å². The number of fused-ring (bicyclic) bond motifs is 3. The van der Waals surface area contributed by atoms with E-state index in [1.54, 1.807) is 4.90 Å². The van der Waals surface area contributed by atoms with Gasteiger partial charge in [0.1, 0.15) is 6.04 Å². The number of nitrogens with zero attached hydrogens (tertiary/aromatic N) is 2. The smallest absolute Gasteiger partial charge is 0.255 e. The molecular formula is C21H26N4O3. The van der Waals surface area contributed by atoms with E-state index in [4.69, 9.17) is 5.73 Å².